The van der Waals surface area contributed by atoms with Gasteiger partial charge < -0.3 is 10.6 Å². The smallest absolute Gasteiger partial charge is 0.139 e. The first kappa shape index (κ1) is 14.2. The molecule has 0 radical (unpaired) electrons. The first-order valence-corrected chi connectivity index (χ1v) is 6.70. The van der Waals surface area contributed by atoms with E-state index in [4.69, 9.17) is 0 Å². The van der Waals surface area contributed by atoms with Crippen LogP contribution in [0.2, 0.25) is 0 Å². The molecule has 1 aromatic carbocycles. The molecule has 0 aliphatic rings. The molecule has 106 valence electrons. The number of aryl methyl sites for hydroxylation is 1. The van der Waals surface area contributed by atoms with Gasteiger partial charge in [-0.25, -0.2) is 14.4 Å². The molecule has 1 heterocycles. The molecule has 0 atom stereocenters. The van der Waals surface area contributed by atoms with Crippen LogP contribution >= 0.6 is 0 Å². The van der Waals surface area contributed by atoms with Crippen LogP contribution in [-0.2, 0) is 6.42 Å². The van der Waals surface area contributed by atoms with E-state index in [0.29, 0.717) is 5.56 Å². The van der Waals surface area contributed by atoms with Gasteiger partial charge in [-0.1, -0.05) is 13.3 Å². The zero-order valence-electron chi connectivity index (χ0n) is 12.0. The monoisotopic (exact) mass is 274 g/mol. The van der Waals surface area contributed by atoms with Crippen molar-refractivity contribution in [3.63, 3.8) is 0 Å². The minimum absolute atomic E-state index is 0.206. The van der Waals surface area contributed by atoms with Crippen LogP contribution in [0.1, 0.15) is 24.5 Å². The molecule has 0 saturated carbocycles. The fourth-order valence-electron chi connectivity index (χ4n) is 2.08. The topological polar surface area (TPSA) is 49.8 Å². The van der Waals surface area contributed by atoms with Gasteiger partial charge in [0.25, 0.3) is 0 Å². The summed E-state index contributed by atoms with van der Waals surface area (Å²) in [6, 6.07) is 4.93. The van der Waals surface area contributed by atoms with Gasteiger partial charge in [-0.3, -0.25) is 0 Å². The van der Waals surface area contributed by atoms with E-state index in [2.05, 4.69) is 27.5 Å². The lowest BCUT2D eigenvalue weighted by molar-refractivity contribution is 0.619. The third-order valence-electron chi connectivity index (χ3n) is 3.10. The highest BCUT2D eigenvalue weighted by molar-refractivity contribution is 5.65. The molecule has 0 aliphatic carbocycles. The summed E-state index contributed by atoms with van der Waals surface area (Å²) in [5, 5.41) is 6.32. The summed E-state index contributed by atoms with van der Waals surface area (Å²) in [6.07, 6.45) is 3.39. The van der Waals surface area contributed by atoms with E-state index in [1.54, 1.807) is 19.1 Å². The fourth-order valence-corrected chi connectivity index (χ4v) is 2.08. The zero-order chi connectivity index (χ0) is 14.5. The van der Waals surface area contributed by atoms with Crippen molar-refractivity contribution in [3.05, 3.63) is 41.5 Å². The van der Waals surface area contributed by atoms with E-state index in [9.17, 15) is 4.39 Å². The fraction of sp³-hybridized carbons (Fsp3) is 0.333. The van der Waals surface area contributed by atoms with Crippen molar-refractivity contribution in [1.29, 1.82) is 0 Å². The van der Waals surface area contributed by atoms with E-state index in [-0.39, 0.29) is 5.82 Å². The number of rotatable bonds is 5. The van der Waals surface area contributed by atoms with Crippen LogP contribution in [0.15, 0.2) is 24.5 Å². The predicted molar refractivity (Wildman–Crippen MR) is 80.0 cm³/mol. The molecule has 0 bridgehead atoms. The van der Waals surface area contributed by atoms with Gasteiger partial charge in [0.2, 0.25) is 0 Å². The van der Waals surface area contributed by atoms with Crippen molar-refractivity contribution >= 4 is 17.3 Å². The van der Waals surface area contributed by atoms with Crippen molar-refractivity contribution < 1.29 is 4.39 Å². The van der Waals surface area contributed by atoms with Gasteiger partial charge in [0.15, 0.2) is 0 Å². The third kappa shape index (κ3) is 3.04. The van der Waals surface area contributed by atoms with Gasteiger partial charge >= 0.3 is 0 Å². The summed E-state index contributed by atoms with van der Waals surface area (Å²) in [6.45, 7) is 3.85. The minimum atomic E-state index is -0.206. The highest BCUT2D eigenvalue weighted by atomic mass is 19.1. The molecule has 0 unspecified atom stereocenters. The van der Waals surface area contributed by atoms with Gasteiger partial charge in [0, 0.05) is 18.3 Å². The van der Waals surface area contributed by atoms with Crippen molar-refractivity contribution in [3.8, 4) is 0 Å². The summed E-state index contributed by atoms with van der Waals surface area (Å²) >= 11 is 0. The summed E-state index contributed by atoms with van der Waals surface area (Å²) in [7, 11) is 1.84. The SMILES string of the molecule is CCCc1c(NC)ncnc1Nc1ccc(F)c(C)c1. The molecule has 5 heteroatoms. The van der Waals surface area contributed by atoms with E-state index >= 15 is 0 Å². The van der Waals surface area contributed by atoms with E-state index in [1.165, 1.54) is 12.4 Å². The normalized spacial score (nSPS) is 10.4. The Hall–Kier alpha value is -2.17. The third-order valence-corrected chi connectivity index (χ3v) is 3.10. The van der Waals surface area contributed by atoms with Crippen LogP contribution in [0.5, 0.6) is 0 Å². The molecule has 2 aromatic rings. The Kier molecular flexibility index (Phi) is 4.50. The van der Waals surface area contributed by atoms with Crippen LogP contribution in [0, 0.1) is 12.7 Å². The van der Waals surface area contributed by atoms with Crippen LogP contribution in [0.4, 0.5) is 21.7 Å². The molecule has 0 saturated heterocycles. The molecule has 0 amide bonds. The molecule has 4 nitrogen and oxygen atoms in total. The Bertz CT molecular complexity index is 598. The average molecular weight is 274 g/mol. The van der Waals surface area contributed by atoms with Crippen LogP contribution in [0.25, 0.3) is 0 Å². The largest absolute Gasteiger partial charge is 0.373 e. The van der Waals surface area contributed by atoms with E-state index in [0.717, 1.165) is 35.7 Å². The molecule has 2 N–H and O–H groups in total. The maximum atomic E-state index is 13.3. The predicted octanol–water partition coefficient (Wildman–Crippen LogP) is 3.66. The van der Waals surface area contributed by atoms with Gasteiger partial charge in [-0.15, -0.1) is 0 Å². The van der Waals surface area contributed by atoms with Crippen molar-refractivity contribution in [2.75, 3.05) is 17.7 Å². The number of anilines is 3. The Labute approximate surface area is 118 Å². The summed E-state index contributed by atoms with van der Waals surface area (Å²) in [5.41, 5.74) is 2.47. The number of nitrogens with zero attached hydrogens (tertiary/aromatic N) is 2. The lowest BCUT2D eigenvalue weighted by Gasteiger charge is -2.14. The second-order valence-corrected chi connectivity index (χ2v) is 4.64. The summed E-state index contributed by atoms with van der Waals surface area (Å²) in [5.74, 6) is 1.38. The lowest BCUT2D eigenvalue weighted by atomic mass is 10.1. The molecule has 1 aromatic heterocycles. The quantitative estimate of drug-likeness (QED) is 0.873. The van der Waals surface area contributed by atoms with Crippen molar-refractivity contribution in [2.45, 2.75) is 26.7 Å². The molecule has 0 fully saturated rings. The van der Waals surface area contributed by atoms with Crippen molar-refractivity contribution in [2.24, 2.45) is 0 Å². The van der Waals surface area contributed by atoms with Gasteiger partial charge in [0.1, 0.15) is 23.8 Å². The first-order valence-electron chi connectivity index (χ1n) is 6.70. The van der Waals surface area contributed by atoms with Crippen LogP contribution in [-0.4, -0.2) is 17.0 Å². The number of benzene rings is 1. The molecular formula is C15H19FN4. The van der Waals surface area contributed by atoms with Crippen LogP contribution < -0.4 is 10.6 Å². The molecule has 0 aliphatic heterocycles. The Morgan fingerprint density at radius 3 is 2.60 bits per heavy atom. The van der Waals surface area contributed by atoms with E-state index in [1.807, 2.05) is 7.05 Å². The maximum absolute atomic E-state index is 13.3. The average Bonchev–Trinajstić information content (AvgIpc) is 2.45. The molecule has 2 rings (SSSR count). The second kappa shape index (κ2) is 6.32. The Morgan fingerprint density at radius 1 is 1.20 bits per heavy atom. The number of nitrogens with one attached hydrogen (secondary N) is 2. The van der Waals surface area contributed by atoms with Gasteiger partial charge in [-0.05, 0) is 37.1 Å². The Morgan fingerprint density at radius 2 is 1.95 bits per heavy atom. The first-order chi connectivity index (χ1) is 9.65. The zero-order valence-corrected chi connectivity index (χ0v) is 12.0. The number of aromatic nitrogens is 2. The summed E-state index contributed by atoms with van der Waals surface area (Å²) < 4.78 is 13.3. The van der Waals surface area contributed by atoms with E-state index < -0.39 is 0 Å². The molecule has 0 spiro atoms. The minimum Gasteiger partial charge on any atom is -0.373 e. The maximum Gasteiger partial charge on any atom is 0.139 e. The van der Waals surface area contributed by atoms with Crippen LogP contribution in [0.3, 0.4) is 0 Å². The number of hydrogen-bond acceptors (Lipinski definition) is 4. The lowest BCUT2D eigenvalue weighted by Crippen LogP contribution is -2.05. The number of halogens is 1. The molecular weight excluding hydrogens is 255 g/mol. The highest BCUT2D eigenvalue weighted by Crippen LogP contribution is 2.25. The standard InChI is InChI=1S/C15H19FN4/c1-4-5-12-14(17-3)18-9-19-15(12)20-11-6-7-13(16)10(2)8-11/h6-9H,4-5H2,1-3H3,(H2,17,18,19,20). The summed E-state index contributed by atoms with van der Waals surface area (Å²) in [4.78, 5) is 8.52. The Balaban J connectivity index is 2.34. The van der Waals surface area contributed by atoms with Gasteiger partial charge in [0.05, 0.1) is 0 Å². The second-order valence-electron chi connectivity index (χ2n) is 4.64. The van der Waals surface area contributed by atoms with Crippen molar-refractivity contribution in [1.82, 2.24) is 9.97 Å². The van der Waals surface area contributed by atoms with Gasteiger partial charge in [-0.2, -0.15) is 0 Å². The number of hydrogen-bond donors (Lipinski definition) is 2. The highest BCUT2D eigenvalue weighted by Gasteiger charge is 2.10. The molecule has 20 heavy (non-hydrogen) atoms.